The number of hydrogen-bond acceptors (Lipinski definition) is 2. The van der Waals surface area contributed by atoms with Crippen LogP contribution in [0.4, 0.5) is 4.79 Å². The van der Waals surface area contributed by atoms with Gasteiger partial charge in [0.15, 0.2) is 0 Å². The lowest BCUT2D eigenvalue weighted by Gasteiger charge is -2.53. The van der Waals surface area contributed by atoms with Crippen molar-refractivity contribution in [3.8, 4) is 0 Å². The van der Waals surface area contributed by atoms with Crippen molar-refractivity contribution < 1.29 is 9.53 Å². The van der Waals surface area contributed by atoms with Crippen LogP contribution in [-0.2, 0) is 10.2 Å². The van der Waals surface area contributed by atoms with Crippen LogP contribution in [0.25, 0.3) is 0 Å². The van der Waals surface area contributed by atoms with Crippen LogP contribution in [0, 0.1) is 0 Å². The molecule has 0 unspecified atom stereocenters. The number of amides is 1. The molecule has 2 rings (SSSR count). The minimum atomic E-state index is -0.462. The summed E-state index contributed by atoms with van der Waals surface area (Å²) in [4.78, 5) is 13.8. The summed E-state index contributed by atoms with van der Waals surface area (Å²) in [5, 5.41) is 0. The van der Waals surface area contributed by atoms with Gasteiger partial charge in [0.05, 0.1) is 7.85 Å². The SMILES string of the molecule is [B][C@H](C)C1(c2ccccc2)CN(C(=O)OC(C)(C)C)C1. The molecule has 1 fully saturated rings. The molecule has 2 radical (unpaired) electrons. The third-order valence-electron chi connectivity index (χ3n) is 3.82. The van der Waals surface area contributed by atoms with Gasteiger partial charge in [-0.2, -0.15) is 0 Å². The van der Waals surface area contributed by atoms with Crippen LogP contribution in [0.1, 0.15) is 33.3 Å². The molecule has 4 heteroatoms. The van der Waals surface area contributed by atoms with Crippen molar-refractivity contribution in [3.63, 3.8) is 0 Å². The van der Waals surface area contributed by atoms with E-state index in [1.807, 2.05) is 45.9 Å². The van der Waals surface area contributed by atoms with Gasteiger partial charge in [0.1, 0.15) is 5.60 Å². The summed E-state index contributed by atoms with van der Waals surface area (Å²) < 4.78 is 5.40. The molecule has 0 bridgehead atoms. The summed E-state index contributed by atoms with van der Waals surface area (Å²) in [7, 11) is 6.18. The van der Waals surface area contributed by atoms with Gasteiger partial charge in [0.2, 0.25) is 0 Å². The highest BCUT2D eigenvalue weighted by atomic mass is 16.6. The van der Waals surface area contributed by atoms with Crippen LogP contribution in [0.2, 0.25) is 5.82 Å². The Labute approximate surface area is 122 Å². The van der Waals surface area contributed by atoms with E-state index in [0.29, 0.717) is 13.1 Å². The zero-order valence-corrected chi connectivity index (χ0v) is 12.7. The maximum absolute atomic E-state index is 12.0. The molecule has 0 saturated carbocycles. The number of benzene rings is 1. The number of rotatable bonds is 2. The molecule has 0 N–H and O–H groups in total. The van der Waals surface area contributed by atoms with Crippen molar-refractivity contribution in [1.29, 1.82) is 0 Å². The molecule has 1 aliphatic heterocycles. The standard InChI is InChI=1S/C16H22BNO2/c1-12(17)16(13-8-6-5-7-9-13)10-18(11-16)14(19)20-15(2,3)4/h5-9,12H,10-11H2,1-4H3/t12-/m1/s1. The molecule has 0 spiro atoms. The van der Waals surface area contributed by atoms with Gasteiger partial charge in [-0.1, -0.05) is 43.1 Å². The predicted molar refractivity (Wildman–Crippen MR) is 81.1 cm³/mol. The van der Waals surface area contributed by atoms with Crippen molar-refractivity contribution in [2.24, 2.45) is 0 Å². The fourth-order valence-corrected chi connectivity index (χ4v) is 2.59. The van der Waals surface area contributed by atoms with Gasteiger partial charge in [0, 0.05) is 18.5 Å². The smallest absolute Gasteiger partial charge is 0.410 e. The Hall–Kier alpha value is -1.45. The maximum Gasteiger partial charge on any atom is 0.410 e. The summed E-state index contributed by atoms with van der Waals surface area (Å²) in [5.41, 5.74) is 0.573. The molecule has 106 valence electrons. The molecular weight excluding hydrogens is 249 g/mol. The van der Waals surface area contributed by atoms with Gasteiger partial charge < -0.3 is 9.64 Å². The van der Waals surface area contributed by atoms with Gasteiger partial charge >= 0.3 is 6.09 Å². The highest BCUT2D eigenvalue weighted by molar-refractivity contribution is 6.12. The van der Waals surface area contributed by atoms with Gasteiger partial charge in [-0.15, -0.1) is 0 Å². The van der Waals surface area contributed by atoms with Crippen LogP contribution in [-0.4, -0.2) is 37.5 Å². The largest absolute Gasteiger partial charge is 0.444 e. The Morgan fingerprint density at radius 1 is 1.30 bits per heavy atom. The number of ether oxygens (including phenoxy) is 1. The molecule has 0 aliphatic carbocycles. The second kappa shape index (κ2) is 5.15. The fourth-order valence-electron chi connectivity index (χ4n) is 2.59. The van der Waals surface area contributed by atoms with Crippen molar-refractivity contribution in [1.82, 2.24) is 4.90 Å². The molecule has 1 saturated heterocycles. The third-order valence-corrected chi connectivity index (χ3v) is 3.82. The predicted octanol–water partition coefficient (Wildman–Crippen LogP) is 3.15. The molecule has 1 aromatic rings. The van der Waals surface area contributed by atoms with Crippen molar-refractivity contribution in [2.75, 3.05) is 13.1 Å². The first-order valence-electron chi connectivity index (χ1n) is 7.04. The second-order valence-electron chi connectivity index (χ2n) is 6.65. The topological polar surface area (TPSA) is 29.5 Å². The second-order valence-corrected chi connectivity index (χ2v) is 6.65. The van der Waals surface area contributed by atoms with Crippen LogP contribution in [0.3, 0.4) is 0 Å². The lowest BCUT2D eigenvalue weighted by Crippen LogP contribution is -2.63. The van der Waals surface area contributed by atoms with Crippen molar-refractivity contribution >= 4 is 13.9 Å². The molecule has 1 heterocycles. The number of carbonyl (C=O) groups is 1. The average molecular weight is 271 g/mol. The third kappa shape index (κ3) is 2.84. The van der Waals surface area contributed by atoms with E-state index in [1.54, 1.807) is 4.90 Å². The highest BCUT2D eigenvalue weighted by Gasteiger charge is 2.49. The van der Waals surface area contributed by atoms with E-state index < -0.39 is 5.60 Å². The Balaban J connectivity index is 2.09. The van der Waals surface area contributed by atoms with E-state index in [0.717, 1.165) is 0 Å². The Bertz CT molecular complexity index is 473. The van der Waals surface area contributed by atoms with Gasteiger partial charge in [-0.3, -0.25) is 0 Å². The zero-order chi connectivity index (χ0) is 15.0. The van der Waals surface area contributed by atoms with Gasteiger partial charge in [-0.25, -0.2) is 4.79 Å². The highest BCUT2D eigenvalue weighted by Crippen LogP contribution is 2.43. The van der Waals surface area contributed by atoms with E-state index in [1.165, 1.54) is 5.56 Å². The number of hydrogen-bond donors (Lipinski definition) is 0. The summed E-state index contributed by atoms with van der Waals surface area (Å²) >= 11 is 0. The van der Waals surface area contributed by atoms with Crippen LogP contribution in [0.5, 0.6) is 0 Å². The molecule has 3 nitrogen and oxygen atoms in total. The van der Waals surface area contributed by atoms with Crippen molar-refractivity contribution in [2.45, 2.75) is 44.5 Å². The maximum atomic E-state index is 12.0. The van der Waals surface area contributed by atoms with E-state index in [-0.39, 0.29) is 17.3 Å². The molecule has 1 aliphatic rings. The zero-order valence-electron chi connectivity index (χ0n) is 12.7. The van der Waals surface area contributed by atoms with Crippen molar-refractivity contribution in [3.05, 3.63) is 35.9 Å². The molecular formula is C16H22BNO2. The number of nitrogens with zero attached hydrogens (tertiary/aromatic N) is 1. The molecule has 1 aromatic carbocycles. The van der Waals surface area contributed by atoms with E-state index >= 15 is 0 Å². The quantitative estimate of drug-likeness (QED) is 0.773. The minimum absolute atomic E-state index is 0.0106. The number of likely N-dealkylation sites (tertiary alicyclic amines) is 1. The normalized spacial score (nSPS) is 19.1. The van der Waals surface area contributed by atoms with Gasteiger partial charge in [-0.05, 0) is 26.3 Å². The molecule has 0 aromatic heterocycles. The first kappa shape index (κ1) is 15.0. The first-order valence-corrected chi connectivity index (χ1v) is 7.04. The van der Waals surface area contributed by atoms with E-state index in [9.17, 15) is 4.79 Å². The lowest BCUT2D eigenvalue weighted by molar-refractivity contribution is -0.0105. The summed E-state index contributed by atoms with van der Waals surface area (Å²) in [5.74, 6) is -0.0106. The molecule has 20 heavy (non-hydrogen) atoms. The molecule has 1 amide bonds. The van der Waals surface area contributed by atoms with E-state index in [4.69, 9.17) is 12.6 Å². The van der Waals surface area contributed by atoms with E-state index in [2.05, 4.69) is 12.1 Å². The Morgan fingerprint density at radius 3 is 2.30 bits per heavy atom. The Morgan fingerprint density at radius 2 is 1.85 bits per heavy atom. The summed E-state index contributed by atoms with van der Waals surface area (Å²) in [6, 6.07) is 10.2. The number of carbonyl (C=O) groups excluding carboxylic acids is 1. The first-order chi connectivity index (χ1) is 9.24. The van der Waals surface area contributed by atoms with Crippen LogP contribution >= 0.6 is 0 Å². The monoisotopic (exact) mass is 271 g/mol. The van der Waals surface area contributed by atoms with Crippen LogP contribution < -0.4 is 0 Å². The van der Waals surface area contributed by atoms with Crippen LogP contribution in [0.15, 0.2) is 30.3 Å². The average Bonchev–Trinajstić information content (AvgIpc) is 2.26. The Kier molecular flexibility index (Phi) is 3.85. The van der Waals surface area contributed by atoms with Gasteiger partial charge in [0.25, 0.3) is 0 Å². The fraction of sp³-hybridized carbons (Fsp3) is 0.562. The summed E-state index contributed by atoms with van der Waals surface area (Å²) in [6.07, 6.45) is -0.260. The molecule has 1 atom stereocenters. The lowest BCUT2D eigenvalue weighted by atomic mass is 9.58. The minimum Gasteiger partial charge on any atom is -0.444 e. The summed E-state index contributed by atoms with van der Waals surface area (Å²) in [6.45, 7) is 8.86.